The van der Waals surface area contributed by atoms with Crippen molar-refractivity contribution in [3.8, 4) is 0 Å². The van der Waals surface area contributed by atoms with E-state index in [0.29, 0.717) is 12.8 Å². The van der Waals surface area contributed by atoms with Crippen molar-refractivity contribution in [3.05, 3.63) is 0 Å². The van der Waals surface area contributed by atoms with E-state index in [-0.39, 0.29) is 45.3 Å². The molecular weight excluding hydrogens is 1640 g/mol. The molecule has 12 amide bonds. The highest BCUT2D eigenvalue weighted by Gasteiger charge is 2.62. The largest absolute Gasteiger partial charge is 0.477 e. The minimum absolute atomic E-state index is 0.0526. The van der Waals surface area contributed by atoms with Gasteiger partial charge in [-0.15, -0.1) is 0 Å². The number of carboxylic acid groups (broad SMARTS) is 1. The summed E-state index contributed by atoms with van der Waals surface area (Å²) in [6.45, 7) is -0.118. The minimum Gasteiger partial charge on any atom is -0.477 e. The molecule has 122 heavy (non-hydrogen) atoms. The quantitative estimate of drug-likeness (QED) is 0.0277. The molecule has 8 saturated heterocycles. The first-order chi connectivity index (χ1) is 57.5. The van der Waals surface area contributed by atoms with Crippen LogP contribution in [0.25, 0.3) is 0 Å². The Labute approximate surface area is 695 Å². The minimum atomic E-state index is -3.38. The van der Waals surface area contributed by atoms with Gasteiger partial charge in [-0.1, -0.05) is 0 Å². The van der Waals surface area contributed by atoms with E-state index >= 15 is 4.79 Å². The van der Waals surface area contributed by atoms with Crippen LogP contribution in [0.4, 0.5) is 0 Å². The van der Waals surface area contributed by atoms with Gasteiger partial charge in [-0.05, 0) is 59.3 Å². The molecule has 8 aliphatic rings. The number of nitrogens with zero attached hydrogens (tertiary/aromatic N) is 3. The zero-order valence-electron chi connectivity index (χ0n) is 67.5. The number of likely N-dealkylation sites (tertiary alicyclic amines) is 3. The molecule has 34 atom stereocenters. The van der Waals surface area contributed by atoms with Gasteiger partial charge in [0.05, 0.1) is 64.4 Å². The number of ether oxygens (including phenoxy) is 10. The summed E-state index contributed by atoms with van der Waals surface area (Å²) in [4.78, 5) is 180. The number of aliphatic hydroxyl groups is 15. The summed E-state index contributed by atoms with van der Waals surface area (Å²) in [6, 6.07) is -16.3. The lowest BCUT2D eigenvalue weighted by atomic mass is 9.88. The van der Waals surface area contributed by atoms with Gasteiger partial charge in [0.25, 0.3) is 5.79 Å². The normalized spacial score (nSPS) is 35.9. The van der Waals surface area contributed by atoms with Crippen molar-refractivity contribution in [3.63, 3.8) is 0 Å². The Bertz CT molecular complexity index is 3660. The third-order valence-corrected chi connectivity index (χ3v) is 22.2. The zero-order chi connectivity index (χ0) is 90.5. The topological polar surface area (TPSA) is 770 Å². The first-order valence-electron chi connectivity index (χ1n) is 39.6. The van der Waals surface area contributed by atoms with Crippen molar-refractivity contribution in [1.82, 2.24) is 57.2 Å². The van der Waals surface area contributed by atoms with Gasteiger partial charge in [-0.2, -0.15) is 0 Å². The molecule has 0 aromatic rings. The highest BCUT2D eigenvalue weighted by Crippen LogP contribution is 2.40. The maximum absolute atomic E-state index is 15.3. The van der Waals surface area contributed by atoms with E-state index < -0.39 is 337 Å². The van der Waals surface area contributed by atoms with Crippen molar-refractivity contribution < 1.29 is 191 Å². The van der Waals surface area contributed by atoms with Gasteiger partial charge < -0.3 is 192 Å². The molecule has 0 saturated carbocycles. The molecule has 51 heteroatoms. The zero-order valence-corrected chi connectivity index (χ0v) is 67.5. The predicted molar refractivity (Wildman–Crippen MR) is 395 cm³/mol. The van der Waals surface area contributed by atoms with E-state index in [4.69, 9.17) is 53.1 Å². The van der Waals surface area contributed by atoms with Gasteiger partial charge in [0.15, 0.2) is 25.2 Å². The summed E-state index contributed by atoms with van der Waals surface area (Å²) in [5.74, 6) is -16.8. The van der Waals surface area contributed by atoms with Crippen molar-refractivity contribution in [2.45, 2.75) is 301 Å². The molecule has 0 aromatic heterocycles. The molecule has 8 fully saturated rings. The monoisotopic (exact) mass is 1760 g/mol. The molecule has 26 N–H and O–H groups in total. The number of amides is 12. The summed E-state index contributed by atoms with van der Waals surface area (Å²) in [5, 5.41) is 196. The second-order valence-electron chi connectivity index (χ2n) is 31.1. The highest BCUT2D eigenvalue weighted by molar-refractivity contribution is 5.98. The van der Waals surface area contributed by atoms with Gasteiger partial charge >= 0.3 is 5.97 Å². The van der Waals surface area contributed by atoms with Gasteiger partial charge in [0, 0.05) is 53.8 Å². The first-order valence-corrected chi connectivity index (χ1v) is 39.6. The number of nitrogens with one attached hydrogen (secondary N) is 8. The number of aliphatic carboxylic acids is 1. The Kier molecular flexibility index (Phi) is 35.8. The van der Waals surface area contributed by atoms with E-state index in [9.17, 15) is 139 Å². The fourth-order valence-electron chi connectivity index (χ4n) is 15.8. The van der Waals surface area contributed by atoms with Crippen LogP contribution in [0.15, 0.2) is 0 Å². The lowest BCUT2D eigenvalue weighted by Crippen LogP contribution is -2.71. The summed E-state index contributed by atoms with van der Waals surface area (Å²) < 4.78 is 60.0. The highest BCUT2D eigenvalue weighted by atomic mass is 16.8. The fourth-order valence-corrected chi connectivity index (χ4v) is 15.8. The van der Waals surface area contributed by atoms with Crippen molar-refractivity contribution in [2.75, 3.05) is 65.8 Å². The Balaban J connectivity index is 1.17. The number of aliphatic hydroxyl groups excluding tert-OH is 15. The van der Waals surface area contributed by atoms with Crippen molar-refractivity contribution in [1.29, 1.82) is 0 Å². The van der Waals surface area contributed by atoms with Crippen LogP contribution >= 0.6 is 0 Å². The van der Waals surface area contributed by atoms with Crippen LogP contribution in [0.1, 0.15) is 93.4 Å². The number of rotatable bonds is 36. The fraction of sp³-hybridized carbons (Fsp3) is 0.817. The number of nitrogens with two attached hydrogens (primary N) is 1. The number of primary amides is 1. The number of carbonyl (C=O) groups is 13. The van der Waals surface area contributed by atoms with Crippen LogP contribution in [0, 0.1) is 0 Å². The maximum Gasteiger partial charge on any atom is 0.364 e. The molecule has 17 unspecified atom stereocenters. The number of carboxylic acids is 1. The van der Waals surface area contributed by atoms with E-state index in [2.05, 4.69) is 42.5 Å². The maximum atomic E-state index is 15.3. The van der Waals surface area contributed by atoms with Crippen molar-refractivity contribution in [2.24, 2.45) is 5.73 Å². The van der Waals surface area contributed by atoms with Crippen LogP contribution < -0.4 is 48.3 Å². The van der Waals surface area contributed by atoms with Gasteiger partial charge in [0.2, 0.25) is 70.9 Å². The molecule has 692 valence electrons. The summed E-state index contributed by atoms with van der Waals surface area (Å²) in [6.07, 6.45) is -49.7. The molecule has 0 spiro atoms. The Morgan fingerprint density at radius 1 is 0.525 bits per heavy atom. The van der Waals surface area contributed by atoms with Gasteiger partial charge in [-0.3, -0.25) is 57.5 Å². The summed E-state index contributed by atoms with van der Waals surface area (Å²) >= 11 is 0. The molecule has 0 radical (unpaired) electrons. The third kappa shape index (κ3) is 23.4. The Morgan fingerprint density at radius 2 is 1.06 bits per heavy atom. The van der Waals surface area contributed by atoms with E-state index in [1.165, 1.54) is 30.6 Å². The van der Waals surface area contributed by atoms with E-state index in [0.717, 1.165) is 32.6 Å². The van der Waals surface area contributed by atoms with E-state index in [1.807, 2.05) is 0 Å². The predicted octanol–water partition coefficient (Wildman–Crippen LogP) is -16.3. The lowest BCUT2D eigenvalue weighted by Gasteiger charge is -2.51. The average Bonchev–Trinajstić information content (AvgIpc) is 0.921. The van der Waals surface area contributed by atoms with Gasteiger partial charge in [0.1, 0.15) is 158 Å². The molecule has 0 bridgehead atoms. The molecule has 8 rings (SSSR count). The molecule has 8 heterocycles. The average molecular weight is 1760 g/mol. The third-order valence-electron chi connectivity index (χ3n) is 22.2. The van der Waals surface area contributed by atoms with Gasteiger partial charge in [-0.25, -0.2) is 4.79 Å². The standard InChI is InChI=1S/C71H114N12O39/c1-25(59(72)104)74-62(107)34-12-9-15-82(34)65(110)35-13-10-16-83(35)64(109)26(2)75-63(108)43(80-60(105)32(19-84)79-42(95)18-73-61(106)33-11-8-14-81(33)31(7)92)27(3)114-67-46(78-30(6)91)56(50(99)41(118-67)24-113-66-45(77-29(5)90)51(100)55(40(23-88)117-66)119-68-53(102)52(101)48(97)38(21-86)115-68)120-69-54(103)58(49(98)39(22-87)116-69)122-71(70(111)112)17-36(93)44(76-28(4)89)57(121-71)47(96)37(94)20-85/h25-27,32-41,43-58,66-69,84-88,93-94,96-103H,8-24H2,1-7H3,(H2,72,104)(H,73,106)(H,74,107)(H,75,108)(H,76,89)(H,77,90)(H,78,91)(H,79,95)(H,80,105)(H,111,112)/t25?,26?,27?,32?,33?,34?,35?,36-,37+,38?,39?,40?,41?,43?,44+,45?,46?,47+,48-,49-,50-,51+,52-,53?,54?,55-,56+,57?,58-,66+,67+,68-,69-,71-/m0/s1. The summed E-state index contributed by atoms with van der Waals surface area (Å²) in [5.41, 5.74) is 5.37. The molecule has 8 aliphatic heterocycles. The van der Waals surface area contributed by atoms with Crippen LogP contribution in [-0.2, 0) is 110 Å². The van der Waals surface area contributed by atoms with E-state index in [1.54, 1.807) is 0 Å². The number of hydrogen-bond donors (Lipinski definition) is 25. The molecule has 0 aromatic carbocycles. The smallest absolute Gasteiger partial charge is 0.364 e. The molecular formula is C71H114N12O39. The molecule has 0 aliphatic carbocycles. The second kappa shape index (κ2) is 43.8. The first kappa shape index (κ1) is 99.5. The van der Waals surface area contributed by atoms with Crippen LogP contribution in [0.2, 0.25) is 0 Å². The number of carbonyl (C=O) groups excluding carboxylic acids is 12. The lowest BCUT2D eigenvalue weighted by molar-refractivity contribution is -0.383. The number of hydrogen-bond acceptors (Lipinski definition) is 38. The molecule has 51 nitrogen and oxygen atoms in total. The summed E-state index contributed by atoms with van der Waals surface area (Å²) in [7, 11) is 0. The SMILES string of the molecule is CC(=O)NC1[C@H](OCC2O[C@@H](OC(C)C(NC(=O)C(CO)NC(=O)CNC(=O)C3CCCN3C(C)=O)C(=O)NC(C)C(=O)N3CCCC3C(=O)N3CCCC3C(=O)NC(C)C(N)=O)C(NC(C)=O)[C@@H](O[C@@H]3OC(CO)[C@H](O)[C@H](O[C@]4(C(=O)O)C[C@H](O)[C@@H](NC(C)=O)C([C@H](O)[C@H](O)CO)O4)C3O)[C@H]2O)OC(CO)[C@H](O[C@@H]2OC(CO)[C@H](O)[C@H](O)C2O)[C@@H]1O. The Morgan fingerprint density at radius 3 is 1.63 bits per heavy atom. The van der Waals surface area contributed by atoms with Crippen LogP contribution in [0.3, 0.4) is 0 Å². The van der Waals surface area contributed by atoms with Crippen LogP contribution in [-0.4, -0.2) is 446 Å². The van der Waals surface area contributed by atoms with Crippen LogP contribution in [0.5, 0.6) is 0 Å². The Hall–Kier alpha value is -7.89. The van der Waals surface area contributed by atoms with Crippen molar-refractivity contribution >= 4 is 76.9 Å². The second-order valence-corrected chi connectivity index (χ2v) is 31.1.